The molecular formula is C22H25NO3. The number of fused-ring (bicyclic) bond motifs is 1. The lowest BCUT2D eigenvalue weighted by Crippen LogP contribution is -2.32. The molecule has 0 fully saturated rings. The summed E-state index contributed by atoms with van der Waals surface area (Å²) in [6, 6.07) is 22.0. The number of aliphatic hydroxyl groups excluding tert-OH is 1. The molecule has 0 radical (unpaired) electrons. The highest BCUT2D eigenvalue weighted by Gasteiger charge is 2.11. The summed E-state index contributed by atoms with van der Waals surface area (Å²) in [6.07, 6.45) is -0.558. The minimum atomic E-state index is -0.558. The molecule has 1 atom stereocenters. The van der Waals surface area contributed by atoms with Crippen molar-refractivity contribution in [2.75, 3.05) is 27.3 Å². The zero-order valence-electron chi connectivity index (χ0n) is 15.3. The number of hydrogen-bond acceptors (Lipinski definition) is 4. The number of hydrogen-bond donors (Lipinski definition) is 1. The number of rotatable bonds is 8. The Balaban J connectivity index is 1.52. The number of methoxy groups -OCH3 is 1. The zero-order chi connectivity index (χ0) is 18.4. The molecule has 0 aliphatic carbocycles. The number of aliphatic hydroxyl groups is 1. The van der Waals surface area contributed by atoms with Crippen molar-refractivity contribution < 1.29 is 14.6 Å². The SMILES string of the molecule is COc1ccc(CN(C)CC(O)COc2cccc3ccccc23)cc1. The first-order valence-corrected chi connectivity index (χ1v) is 8.76. The predicted molar refractivity (Wildman–Crippen MR) is 105 cm³/mol. The van der Waals surface area contributed by atoms with Gasteiger partial charge in [-0.3, -0.25) is 4.90 Å². The summed E-state index contributed by atoms with van der Waals surface area (Å²) in [5.74, 6) is 1.65. The maximum atomic E-state index is 10.3. The Kier molecular flexibility index (Phi) is 6.10. The summed E-state index contributed by atoms with van der Waals surface area (Å²) in [4.78, 5) is 2.08. The van der Waals surface area contributed by atoms with Crippen LogP contribution in [0, 0.1) is 0 Å². The Hall–Kier alpha value is -2.56. The highest BCUT2D eigenvalue weighted by atomic mass is 16.5. The van der Waals surface area contributed by atoms with Gasteiger partial charge in [0.05, 0.1) is 7.11 Å². The fourth-order valence-corrected chi connectivity index (χ4v) is 3.03. The molecule has 0 spiro atoms. The molecule has 0 aromatic heterocycles. The normalized spacial score (nSPS) is 12.3. The van der Waals surface area contributed by atoms with Crippen LogP contribution in [0.5, 0.6) is 11.5 Å². The van der Waals surface area contributed by atoms with Gasteiger partial charge in [-0.15, -0.1) is 0 Å². The molecule has 0 bridgehead atoms. The van der Waals surface area contributed by atoms with Crippen molar-refractivity contribution in [2.45, 2.75) is 12.6 Å². The van der Waals surface area contributed by atoms with E-state index in [-0.39, 0.29) is 6.61 Å². The second-order valence-corrected chi connectivity index (χ2v) is 6.49. The van der Waals surface area contributed by atoms with E-state index in [4.69, 9.17) is 9.47 Å². The first kappa shape index (κ1) is 18.2. The molecule has 0 saturated heterocycles. The van der Waals surface area contributed by atoms with Crippen molar-refractivity contribution in [3.05, 3.63) is 72.3 Å². The van der Waals surface area contributed by atoms with E-state index in [1.807, 2.05) is 61.6 Å². The Morgan fingerprint density at radius 2 is 1.69 bits per heavy atom. The van der Waals surface area contributed by atoms with Crippen molar-refractivity contribution in [3.63, 3.8) is 0 Å². The third-order valence-corrected chi connectivity index (χ3v) is 4.31. The van der Waals surface area contributed by atoms with Crippen LogP contribution in [0.4, 0.5) is 0 Å². The van der Waals surface area contributed by atoms with Crippen LogP contribution in [-0.4, -0.2) is 43.4 Å². The van der Waals surface area contributed by atoms with Crippen LogP contribution in [0.3, 0.4) is 0 Å². The largest absolute Gasteiger partial charge is 0.497 e. The van der Waals surface area contributed by atoms with E-state index in [1.54, 1.807) is 7.11 Å². The van der Waals surface area contributed by atoms with Gasteiger partial charge < -0.3 is 14.6 Å². The molecule has 26 heavy (non-hydrogen) atoms. The first-order chi connectivity index (χ1) is 12.7. The number of benzene rings is 3. The van der Waals surface area contributed by atoms with Gasteiger partial charge in [0.15, 0.2) is 0 Å². The first-order valence-electron chi connectivity index (χ1n) is 8.76. The summed E-state index contributed by atoms with van der Waals surface area (Å²) >= 11 is 0. The average molecular weight is 351 g/mol. The summed E-state index contributed by atoms with van der Waals surface area (Å²) in [5.41, 5.74) is 1.18. The van der Waals surface area contributed by atoms with Crippen molar-refractivity contribution in [1.82, 2.24) is 4.90 Å². The van der Waals surface area contributed by atoms with E-state index in [0.717, 1.165) is 28.8 Å². The summed E-state index contributed by atoms with van der Waals surface area (Å²) in [5, 5.41) is 12.5. The Morgan fingerprint density at radius 3 is 2.46 bits per heavy atom. The van der Waals surface area contributed by atoms with Crippen molar-refractivity contribution in [1.29, 1.82) is 0 Å². The minimum Gasteiger partial charge on any atom is -0.497 e. The van der Waals surface area contributed by atoms with Crippen LogP contribution in [-0.2, 0) is 6.54 Å². The second kappa shape index (κ2) is 8.70. The molecule has 0 aliphatic rings. The molecule has 0 saturated carbocycles. The molecule has 0 aliphatic heterocycles. The van der Waals surface area contributed by atoms with Crippen LogP contribution in [0.1, 0.15) is 5.56 Å². The lowest BCUT2D eigenvalue weighted by molar-refractivity contribution is 0.0750. The number of ether oxygens (including phenoxy) is 2. The van der Waals surface area contributed by atoms with Gasteiger partial charge in [0, 0.05) is 18.5 Å². The topological polar surface area (TPSA) is 41.9 Å². The van der Waals surface area contributed by atoms with Crippen LogP contribution in [0.15, 0.2) is 66.7 Å². The van der Waals surface area contributed by atoms with Gasteiger partial charge in [-0.2, -0.15) is 0 Å². The monoisotopic (exact) mass is 351 g/mol. The van der Waals surface area contributed by atoms with Gasteiger partial charge in [-0.05, 0) is 36.2 Å². The minimum absolute atomic E-state index is 0.265. The number of likely N-dealkylation sites (N-methyl/N-ethyl adjacent to an activating group) is 1. The van der Waals surface area contributed by atoms with Crippen molar-refractivity contribution in [3.8, 4) is 11.5 Å². The van der Waals surface area contributed by atoms with Crippen LogP contribution < -0.4 is 9.47 Å². The molecular weight excluding hydrogens is 326 g/mol. The predicted octanol–water partition coefficient (Wildman–Crippen LogP) is 3.72. The molecule has 136 valence electrons. The lowest BCUT2D eigenvalue weighted by Gasteiger charge is -2.21. The smallest absolute Gasteiger partial charge is 0.127 e. The third kappa shape index (κ3) is 4.75. The van der Waals surface area contributed by atoms with Crippen molar-refractivity contribution >= 4 is 10.8 Å². The molecule has 0 heterocycles. The zero-order valence-corrected chi connectivity index (χ0v) is 15.3. The molecule has 4 nitrogen and oxygen atoms in total. The standard InChI is InChI=1S/C22H25NO3/c1-23(14-17-10-12-20(25-2)13-11-17)15-19(24)16-26-22-9-5-7-18-6-3-4-8-21(18)22/h3-13,19,24H,14-16H2,1-2H3. The molecule has 0 amide bonds. The fraction of sp³-hybridized carbons (Fsp3) is 0.273. The molecule has 1 unspecified atom stereocenters. The maximum absolute atomic E-state index is 10.3. The lowest BCUT2D eigenvalue weighted by atomic mass is 10.1. The Labute approximate surface area is 154 Å². The summed E-state index contributed by atoms with van der Waals surface area (Å²) in [7, 11) is 3.65. The van der Waals surface area contributed by atoms with Gasteiger partial charge in [0.25, 0.3) is 0 Å². The quantitative estimate of drug-likeness (QED) is 0.672. The van der Waals surface area contributed by atoms with E-state index >= 15 is 0 Å². The fourth-order valence-electron chi connectivity index (χ4n) is 3.03. The van der Waals surface area contributed by atoms with E-state index in [1.165, 1.54) is 5.56 Å². The third-order valence-electron chi connectivity index (χ3n) is 4.31. The molecule has 1 N–H and O–H groups in total. The molecule has 3 aromatic rings. The maximum Gasteiger partial charge on any atom is 0.127 e. The summed E-state index contributed by atoms with van der Waals surface area (Å²) < 4.78 is 11.0. The molecule has 3 rings (SSSR count). The second-order valence-electron chi connectivity index (χ2n) is 6.49. The van der Waals surface area contributed by atoms with Gasteiger partial charge >= 0.3 is 0 Å². The van der Waals surface area contributed by atoms with E-state index in [2.05, 4.69) is 17.0 Å². The highest BCUT2D eigenvalue weighted by molar-refractivity contribution is 5.88. The average Bonchev–Trinajstić information content (AvgIpc) is 2.67. The van der Waals surface area contributed by atoms with Gasteiger partial charge in [0.1, 0.15) is 24.2 Å². The Bertz CT molecular complexity index is 827. The van der Waals surface area contributed by atoms with E-state index in [0.29, 0.717) is 6.54 Å². The van der Waals surface area contributed by atoms with Gasteiger partial charge in [-0.25, -0.2) is 0 Å². The van der Waals surface area contributed by atoms with Crippen LogP contribution in [0.25, 0.3) is 10.8 Å². The Morgan fingerprint density at radius 1 is 0.962 bits per heavy atom. The molecule has 4 heteroatoms. The van der Waals surface area contributed by atoms with Crippen molar-refractivity contribution in [2.24, 2.45) is 0 Å². The van der Waals surface area contributed by atoms with E-state index < -0.39 is 6.10 Å². The van der Waals surface area contributed by atoms with E-state index in [9.17, 15) is 5.11 Å². The molecule has 3 aromatic carbocycles. The number of nitrogens with zero attached hydrogens (tertiary/aromatic N) is 1. The van der Waals surface area contributed by atoms with Gasteiger partial charge in [-0.1, -0.05) is 48.5 Å². The van der Waals surface area contributed by atoms with Gasteiger partial charge in [0.2, 0.25) is 0 Å². The van der Waals surface area contributed by atoms with Crippen LogP contribution >= 0.6 is 0 Å². The highest BCUT2D eigenvalue weighted by Crippen LogP contribution is 2.25. The van der Waals surface area contributed by atoms with Crippen LogP contribution in [0.2, 0.25) is 0 Å². The summed E-state index contributed by atoms with van der Waals surface area (Å²) in [6.45, 7) is 1.56.